The average molecular weight is 805 g/mol. The van der Waals surface area contributed by atoms with Crippen LogP contribution in [0.25, 0.3) is 22.3 Å². The molecule has 0 bridgehead atoms. The summed E-state index contributed by atoms with van der Waals surface area (Å²) in [6, 6.07) is 11.0. The van der Waals surface area contributed by atoms with E-state index < -0.39 is 108 Å². The number of carbonyl (C=O) groups is 4. The Labute approximate surface area is 285 Å². The van der Waals surface area contributed by atoms with Crippen LogP contribution in [0.15, 0.2) is 71.6 Å². The number of benzene rings is 3. The van der Waals surface area contributed by atoms with E-state index in [4.69, 9.17) is 10.7 Å². The Morgan fingerprint density at radius 1 is 0.538 bits per heavy atom. The number of Topliss-reactive ketones (excluding diaryl/α,β-unsaturated/α-hetero) is 4. The van der Waals surface area contributed by atoms with E-state index in [1.54, 1.807) is 0 Å². The van der Waals surface area contributed by atoms with Gasteiger partial charge >= 0.3 is 36.0 Å². The van der Waals surface area contributed by atoms with E-state index in [1.165, 1.54) is 30.3 Å². The predicted molar refractivity (Wildman–Crippen MR) is 150 cm³/mol. The van der Waals surface area contributed by atoms with Gasteiger partial charge in [0.1, 0.15) is 0 Å². The molecule has 0 N–H and O–H groups in total. The van der Waals surface area contributed by atoms with Gasteiger partial charge in [0.2, 0.25) is 11.6 Å². The van der Waals surface area contributed by atoms with Gasteiger partial charge in [0.05, 0.1) is 17.7 Å². The molecule has 0 aromatic heterocycles. The second-order valence-electron chi connectivity index (χ2n) is 10.6. The standard InChI is InChI=1S/C30H15ClF14O6S/c31-52(50,51)15-9-10-16(14-5-2-1-3-6-14)19(11-15)17-7-4-8-18(20(46)12-22(48)25(32,33)27(36,37)29(40,41)42)24(17)21(47)13-23(49)26(34,35)28(38,39)30(43,44)45/h1-11H,12-13H2. The minimum absolute atomic E-state index is 0.0998. The summed E-state index contributed by atoms with van der Waals surface area (Å²) in [6.07, 6.45) is -19.4. The highest BCUT2D eigenvalue weighted by Gasteiger charge is 2.77. The van der Waals surface area contributed by atoms with E-state index in [2.05, 4.69) is 0 Å². The van der Waals surface area contributed by atoms with Crippen molar-refractivity contribution in [3.63, 3.8) is 0 Å². The monoisotopic (exact) mass is 804 g/mol. The largest absolute Gasteiger partial charge is 0.460 e. The molecule has 0 saturated heterocycles. The quantitative estimate of drug-likeness (QED) is 0.0741. The van der Waals surface area contributed by atoms with Crippen molar-refractivity contribution in [2.45, 2.75) is 53.8 Å². The molecule has 0 spiro atoms. The van der Waals surface area contributed by atoms with Crippen LogP contribution in [0.2, 0.25) is 0 Å². The molecule has 0 aliphatic carbocycles. The molecule has 0 aliphatic rings. The van der Waals surface area contributed by atoms with Gasteiger partial charge in [-0.3, -0.25) is 19.2 Å². The van der Waals surface area contributed by atoms with Crippen molar-refractivity contribution in [1.82, 2.24) is 0 Å². The molecule has 0 amide bonds. The summed E-state index contributed by atoms with van der Waals surface area (Å²) in [6.45, 7) is 0. The first-order valence-electron chi connectivity index (χ1n) is 13.5. The summed E-state index contributed by atoms with van der Waals surface area (Å²) >= 11 is 0. The van der Waals surface area contributed by atoms with Crippen LogP contribution in [0.5, 0.6) is 0 Å². The average Bonchev–Trinajstić information content (AvgIpc) is 3.02. The fourth-order valence-electron chi connectivity index (χ4n) is 4.48. The van der Waals surface area contributed by atoms with E-state index in [1.807, 2.05) is 0 Å². The highest BCUT2D eigenvalue weighted by atomic mass is 35.7. The van der Waals surface area contributed by atoms with E-state index >= 15 is 0 Å². The van der Waals surface area contributed by atoms with E-state index in [9.17, 15) is 89.1 Å². The van der Waals surface area contributed by atoms with Gasteiger partial charge in [0, 0.05) is 21.8 Å². The predicted octanol–water partition coefficient (Wildman–Crippen LogP) is 8.90. The van der Waals surface area contributed by atoms with Crippen molar-refractivity contribution in [3.05, 3.63) is 77.9 Å². The molecule has 3 aromatic carbocycles. The molecule has 0 radical (unpaired) electrons. The fourth-order valence-corrected chi connectivity index (χ4v) is 5.26. The van der Waals surface area contributed by atoms with Crippen molar-refractivity contribution >= 4 is 42.9 Å². The van der Waals surface area contributed by atoms with Crippen molar-refractivity contribution < 1.29 is 89.1 Å². The van der Waals surface area contributed by atoms with Crippen LogP contribution in [-0.2, 0) is 18.6 Å². The van der Waals surface area contributed by atoms with Crippen LogP contribution in [0, 0.1) is 0 Å². The maximum Gasteiger partial charge on any atom is 0.460 e. The molecule has 0 unspecified atom stereocenters. The number of alkyl halides is 14. The van der Waals surface area contributed by atoms with Crippen molar-refractivity contribution in [2.75, 3.05) is 0 Å². The third-order valence-corrected chi connectivity index (χ3v) is 8.49. The Morgan fingerprint density at radius 2 is 1.00 bits per heavy atom. The molecule has 0 fully saturated rings. The van der Waals surface area contributed by atoms with E-state index in [0.717, 1.165) is 12.1 Å². The number of carbonyl (C=O) groups excluding carboxylic acids is 4. The summed E-state index contributed by atoms with van der Waals surface area (Å²) < 4.78 is 211. The lowest BCUT2D eigenvalue weighted by Crippen LogP contribution is -2.56. The Balaban J connectivity index is 2.35. The summed E-state index contributed by atoms with van der Waals surface area (Å²) in [4.78, 5) is 49.9. The lowest BCUT2D eigenvalue weighted by atomic mass is 9.84. The zero-order valence-electron chi connectivity index (χ0n) is 24.8. The second-order valence-corrected chi connectivity index (χ2v) is 13.1. The number of hydrogen-bond donors (Lipinski definition) is 0. The molecule has 0 heterocycles. The fraction of sp³-hybridized carbons (Fsp3) is 0.267. The summed E-state index contributed by atoms with van der Waals surface area (Å²) in [7, 11) is 0.646. The van der Waals surface area contributed by atoms with Gasteiger partial charge in [0.25, 0.3) is 9.05 Å². The second kappa shape index (κ2) is 13.9. The van der Waals surface area contributed by atoms with Gasteiger partial charge in [-0.15, -0.1) is 0 Å². The zero-order chi connectivity index (χ0) is 40.0. The van der Waals surface area contributed by atoms with E-state index in [0.29, 0.717) is 24.3 Å². The molecule has 3 aromatic rings. The Kier molecular flexibility index (Phi) is 11.2. The first-order chi connectivity index (χ1) is 23.4. The first kappa shape index (κ1) is 42.0. The van der Waals surface area contributed by atoms with Crippen LogP contribution in [0.1, 0.15) is 33.6 Å². The topological polar surface area (TPSA) is 102 Å². The highest BCUT2D eigenvalue weighted by molar-refractivity contribution is 8.13. The van der Waals surface area contributed by atoms with Crippen molar-refractivity contribution in [2.24, 2.45) is 0 Å². The molecular weight excluding hydrogens is 790 g/mol. The van der Waals surface area contributed by atoms with Crippen molar-refractivity contribution in [1.29, 1.82) is 0 Å². The van der Waals surface area contributed by atoms with Gasteiger partial charge in [-0.25, -0.2) is 8.42 Å². The lowest BCUT2D eigenvalue weighted by Gasteiger charge is -2.27. The number of ketones is 4. The summed E-state index contributed by atoms with van der Waals surface area (Å²) in [5.41, 5.74) is -4.63. The molecule has 0 saturated carbocycles. The third kappa shape index (κ3) is 7.69. The lowest BCUT2D eigenvalue weighted by molar-refractivity contribution is -0.343. The molecule has 0 atom stereocenters. The Bertz CT molecular complexity index is 2030. The van der Waals surface area contributed by atoms with Crippen LogP contribution < -0.4 is 0 Å². The maximum atomic E-state index is 14.2. The van der Waals surface area contributed by atoms with Gasteiger partial charge in [0.15, 0.2) is 11.6 Å². The van der Waals surface area contributed by atoms with Crippen LogP contribution >= 0.6 is 10.7 Å². The first-order valence-corrected chi connectivity index (χ1v) is 15.8. The van der Waals surface area contributed by atoms with Gasteiger partial charge in [-0.1, -0.05) is 54.6 Å². The molecule has 282 valence electrons. The minimum atomic E-state index is -7.11. The molecule has 6 nitrogen and oxygen atoms in total. The minimum Gasteiger partial charge on any atom is -0.294 e. The van der Waals surface area contributed by atoms with Crippen LogP contribution in [-0.4, -0.2) is 67.6 Å². The van der Waals surface area contributed by atoms with Crippen LogP contribution in [0.4, 0.5) is 61.5 Å². The summed E-state index contributed by atoms with van der Waals surface area (Å²) in [5, 5.41) is 0. The third-order valence-electron chi connectivity index (χ3n) is 7.13. The molecule has 3 rings (SSSR count). The number of hydrogen-bond acceptors (Lipinski definition) is 6. The molecule has 0 aliphatic heterocycles. The normalized spacial score (nSPS) is 13.5. The SMILES string of the molecule is O=C(CC(=O)C(F)(F)C(F)(F)C(F)(F)F)c1cccc(-c2cc(S(=O)(=O)Cl)ccc2-c2ccccc2)c1C(=O)CC(=O)C(F)(F)C(F)(F)C(F)(F)F. The smallest absolute Gasteiger partial charge is 0.294 e. The molecular formula is C30H15ClF14O6S. The van der Waals surface area contributed by atoms with Gasteiger partial charge < -0.3 is 0 Å². The Hall–Kier alpha value is -4.40. The van der Waals surface area contributed by atoms with Crippen LogP contribution in [0.3, 0.4) is 0 Å². The van der Waals surface area contributed by atoms with Crippen molar-refractivity contribution in [3.8, 4) is 22.3 Å². The zero-order valence-corrected chi connectivity index (χ0v) is 26.4. The molecule has 22 heteroatoms. The maximum absolute atomic E-state index is 14.2. The summed E-state index contributed by atoms with van der Waals surface area (Å²) in [5.74, 6) is -39.0. The molecule has 52 heavy (non-hydrogen) atoms. The number of rotatable bonds is 13. The van der Waals surface area contributed by atoms with E-state index in [-0.39, 0.29) is 11.1 Å². The Morgan fingerprint density at radius 3 is 1.44 bits per heavy atom. The number of halogens is 15. The van der Waals surface area contributed by atoms with Gasteiger partial charge in [-0.2, -0.15) is 61.5 Å². The van der Waals surface area contributed by atoms with Gasteiger partial charge in [-0.05, 0) is 34.4 Å². The highest BCUT2D eigenvalue weighted by Crippen LogP contribution is 2.49.